The van der Waals surface area contributed by atoms with Crippen LogP contribution in [0.4, 0.5) is 10.7 Å². The molecule has 0 radical (unpaired) electrons. The number of amides is 4. The Bertz CT molecular complexity index is 881. The number of benzene rings is 1. The smallest absolute Gasteiger partial charge is 0.325 e. The molecule has 0 spiro atoms. The van der Waals surface area contributed by atoms with Gasteiger partial charge in [0.25, 0.3) is 5.91 Å². The molecule has 1 fully saturated rings. The summed E-state index contributed by atoms with van der Waals surface area (Å²) >= 11 is 6.08. The molecule has 2 heterocycles. The van der Waals surface area contributed by atoms with Gasteiger partial charge in [0, 0.05) is 10.9 Å². The Morgan fingerprint density at radius 3 is 2.74 bits per heavy atom. The summed E-state index contributed by atoms with van der Waals surface area (Å²) in [6.45, 7) is 3.92. The Labute approximate surface area is 160 Å². The van der Waals surface area contributed by atoms with E-state index in [-0.39, 0.29) is 24.8 Å². The SMILES string of the molecule is CC(C)c1nc(NC(=O)CC2NC(=O)N(Cc3ccccc3Cl)C2=O)n[nH]1. The average Bonchev–Trinajstić information content (AvgIpc) is 3.17. The second kappa shape index (κ2) is 7.75. The fraction of sp³-hybridized carbons (Fsp3) is 0.353. The fourth-order valence-corrected chi connectivity index (χ4v) is 2.81. The molecule has 1 unspecified atom stereocenters. The number of aromatic amines is 1. The molecule has 1 aliphatic heterocycles. The number of rotatable bonds is 6. The normalized spacial score (nSPS) is 16.7. The Kier molecular flexibility index (Phi) is 5.41. The lowest BCUT2D eigenvalue weighted by atomic mass is 10.1. The maximum atomic E-state index is 12.5. The van der Waals surface area contributed by atoms with Crippen LogP contribution in [0, 0.1) is 0 Å². The standard InChI is InChI=1S/C17H19ClN6O3/c1-9(2)14-21-16(23-22-14)20-13(25)7-12-15(26)24(17(27)19-12)8-10-5-3-4-6-11(10)18/h3-6,9,12H,7-8H2,1-2H3,(H,19,27)(H2,20,21,22,23,25). The summed E-state index contributed by atoms with van der Waals surface area (Å²) in [6, 6.07) is 5.45. The third kappa shape index (κ3) is 4.25. The van der Waals surface area contributed by atoms with Crippen LogP contribution in [-0.2, 0) is 16.1 Å². The molecule has 10 heteroatoms. The highest BCUT2D eigenvalue weighted by Crippen LogP contribution is 2.20. The zero-order chi connectivity index (χ0) is 19.6. The highest BCUT2D eigenvalue weighted by atomic mass is 35.5. The molecular weight excluding hydrogens is 372 g/mol. The first kappa shape index (κ1) is 18.8. The predicted octanol–water partition coefficient (Wildman–Crippen LogP) is 2.03. The van der Waals surface area contributed by atoms with Crippen molar-refractivity contribution in [3.05, 3.63) is 40.7 Å². The number of nitrogens with one attached hydrogen (secondary N) is 3. The van der Waals surface area contributed by atoms with Crippen LogP contribution in [0.3, 0.4) is 0 Å². The van der Waals surface area contributed by atoms with E-state index < -0.39 is 23.9 Å². The van der Waals surface area contributed by atoms with Crippen LogP contribution < -0.4 is 10.6 Å². The van der Waals surface area contributed by atoms with Crippen LogP contribution in [0.1, 0.15) is 37.6 Å². The lowest BCUT2D eigenvalue weighted by molar-refractivity contribution is -0.130. The first-order valence-corrected chi connectivity index (χ1v) is 8.80. The molecule has 3 N–H and O–H groups in total. The molecule has 1 atom stereocenters. The highest BCUT2D eigenvalue weighted by Gasteiger charge is 2.39. The van der Waals surface area contributed by atoms with Crippen molar-refractivity contribution in [2.45, 2.75) is 38.8 Å². The lowest BCUT2D eigenvalue weighted by Gasteiger charge is -2.14. The largest absolute Gasteiger partial charge is 0.325 e. The molecule has 0 saturated carbocycles. The molecule has 4 amide bonds. The van der Waals surface area contributed by atoms with Gasteiger partial charge in [0.1, 0.15) is 11.9 Å². The van der Waals surface area contributed by atoms with Crippen molar-refractivity contribution >= 4 is 35.4 Å². The van der Waals surface area contributed by atoms with Gasteiger partial charge in [-0.05, 0) is 11.6 Å². The number of H-pyrrole nitrogens is 1. The number of carbonyl (C=O) groups is 3. The summed E-state index contributed by atoms with van der Waals surface area (Å²) in [5.74, 6) is -0.0393. The molecule has 142 valence electrons. The maximum Gasteiger partial charge on any atom is 0.325 e. The van der Waals surface area contributed by atoms with Crippen molar-refractivity contribution in [1.82, 2.24) is 25.4 Å². The monoisotopic (exact) mass is 390 g/mol. The molecule has 1 aromatic heterocycles. The van der Waals surface area contributed by atoms with Crippen molar-refractivity contribution in [2.24, 2.45) is 0 Å². The first-order valence-electron chi connectivity index (χ1n) is 8.42. The third-order valence-corrected chi connectivity index (χ3v) is 4.45. The summed E-state index contributed by atoms with van der Waals surface area (Å²) in [5.41, 5.74) is 0.648. The molecule has 2 aromatic rings. The molecule has 3 rings (SSSR count). The van der Waals surface area contributed by atoms with Gasteiger partial charge in [-0.25, -0.2) is 4.79 Å². The van der Waals surface area contributed by atoms with Crippen LogP contribution >= 0.6 is 11.6 Å². The van der Waals surface area contributed by atoms with E-state index in [2.05, 4.69) is 25.8 Å². The number of nitrogens with zero attached hydrogens (tertiary/aromatic N) is 3. The van der Waals surface area contributed by atoms with Gasteiger partial charge in [0.15, 0.2) is 0 Å². The third-order valence-electron chi connectivity index (χ3n) is 4.08. The quantitative estimate of drug-likeness (QED) is 0.652. The number of urea groups is 1. The molecule has 1 aromatic carbocycles. The Hall–Kier alpha value is -2.94. The van der Waals surface area contributed by atoms with E-state index in [0.717, 1.165) is 4.90 Å². The van der Waals surface area contributed by atoms with E-state index in [0.29, 0.717) is 16.4 Å². The van der Waals surface area contributed by atoms with Crippen LogP contribution in [-0.4, -0.2) is 44.0 Å². The van der Waals surface area contributed by atoms with E-state index in [1.807, 2.05) is 13.8 Å². The van der Waals surface area contributed by atoms with Gasteiger partial charge >= 0.3 is 6.03 Å². The summed E-state index contributed by atoms with van der Waals surface area (Å²) in [4.78, 5) is 42.0. The van der Waals surface area contributed by atoms with Gasteiger partial charge in [-0.1, -0.05) is 43.6 Å². The first-order chi connectivity index (χ1) is 12.8. The lowest BCUT2D eigenvalue weighted by Crippen LogP contribution is -2.34. The molecule has 0 bridgehead atoms. The van der Waals surface area contributed by atoms with E-state index in [1.54, 1.807) is 24.3 Å². The van der Waals surface area contributed by atoms with Crippen molar-refractivity contribution in [1.29, 1.82) is 0 Å². The number of imide groups is 1. The Morgan fingerprint density at radius 1 is 1.33 bits per heavy atom. The second-order valence-corrected chi connectivity index (χ2v) is 6.88. The molecule has 27 heavy (non-hydrogen) atoms. The predicted molar refractivity (Wildman–Crippen MR) is 98.0 cm³/mol. The van der Waals surface area contributed by atoms with Crippen LogP contribution in [0.15, 0.2) is 24.3 Å². The molecule has 0 aliphatic carbocycles. The number of carbonyl (C=O) groups excluding carboxylic acids is 3. The highest BCUT2D eigenvalue weighted by molar-refractivity contribution is 6.31. The van der Waals surface area contributed by atoms with Gasteiger partial charge < -0.3 is 5.32 Å². The van der Waals surface area contributed by atoms with Crippen molar-refractivity contribution < 1.29 is 14.4 Å². The molecule has 9 nitrogen and oxygen atoms in total. The van der Waals surface area contributed by atoms with Gasteiger partial charge in [0.2, 0.25) is 11.9 Å². The molecular formula is C17H19ClN6O3. The van der Waals surface area contributed by atoms with Gasteiger partial charge in [-0.15, -0.1) is 5.10 Å². The van der Waals surface area contributed by atoms with E-state index in [9.17, 15) is 14.4 Å². The zero-order valence-electron chi connectivity index (χ0n) is 14.8. The molecule has 1 aliphatic rings. The van der Waals surface area contributed by atoms with Gasteiger partial charge in [-0.3, -0.25) is 24.9 Å². The van der Waals surface area contributed by atoms with Crippen molar-refractivity contribution in [2.75, 3.05) is 5.32 Å². The number of hydrogen-bond donors (Lipinski definition) is 3. The van der Waals surface area contributed by atoms with Crippen LogP contribution in [0.25, 0.3) is 0 Å². The minimum Gasteiger partial charge on any atom is -0.325 e. The second-order valence-electron chi connectivity index (χ2n) is 6.47. The number of halogens is 1. The van der Waals surface area contributed by atoms with Crippen molar-refractivity contribution in [3.8, 4) is 0 Å². The number of aromatic nitrogens is 3. The minimum atomic E-state index is -0.941. The maximum absolute atomic E-state index is 12.5. The van der Waals surface area contributed by atoms with Crippen molar-refractivity contribution in [3.63, 3.8) is 0 Å². The fourth-order valence-electron chi connectivity index (χ4n) is 2.61. The summed E-state index contributed by atoms with van der Waals surface area (Å²) in [5, 5.41) is 12.1. The number of hydrogen-bond acceptors (Lipinski definition) is 5. The molecule has 1 saturated heterocycles. The average molecular weight is 391 g/mol. The Morgan fingerprint density at radius 2 is 2.07 bits per heavy atom. The Balaban J connectivity index is 1.60. The van der Waals surface area contributed by atoms with Gasteiger partial charge in [-0.2, -0.15) is 4.98 Å². The van der Waals surface area contributed by atoms with E-state index >= 15 is 0 Å². The van der Waals surface area contributed by atoms with Gasteiger partial charge in [0.05, 0.1) is 13.0 Å². The van der Waals surface area contributed by atoms with E-state index in [1.165, 1.54) is 0 Å². The minimum absolute atomic E-state index is 0.0428. The van der Waals surface area contributed by atoms with Crippen LogP contribution in [0.2, 0.25) is 5.02 Å². The summed E-state index contributed by atoms with van der Waals surface area (Å²) in [7, 11) is 0. The van der Waals surface area contributed by atoms with Crippen LogP contribution in [0.5, 0.6) is 0 Å². The van der Waals surface area contributed by atoms with E-state index in [4.69, 9.17) is 11.6 Å². The number of anilines is 1. The topological polar surface area (TPSA) is 120 Å². The summed E-state index contributed by atoms with van der Waals surface area (Å²) < 4.78 is 0. The zero-order valence-corrected chi connectivity index (χ0v) is 15.6. The summed E-state index contributed by atoms with van der Waals surface area (Å²) in [6.07, 6.45) is -0.213.